The van der Waals surface area contributed by atoms with Crippen LogP contribution in [0.15, 0.2) is 59.2 Å². The Kier molecular flexibility index (Phi) is 4.14. The number of benzene rings is 1. The molecule has 3 heterocycles. The number of para-hydroxylation sites is 1. The van der Waals surface area contributed by atoms with E-state index in [0.29, 0.717) is 11.4 Å². The lowest BCUT2D eigenvalue weighted by molar-refractivity contribution is -0.174. The number of alkyl halides is 3. The summed E-state index contributed by atoms with van der Waals surface area (Å²) in [6, 6.07) is 10.6. The van der Waals surface area contributed by atoms with E-state index in [1.807, 2.05) is 0 Å². The summed E-state index contributed by atoms with van der Waals surface area (Å²) in [5.74, 6) is -0.0736. The van der Waals surface area contributed by atoms with E-state index in [9.17, 15) is 18.0 Å². The van der Waals surface area contributed by atoms with E-state index in [2.05, 4.69) is 15.7 Å². The standard InChI is InChI=1S/C18H15F3N4O2/c19-18(20,21)15-9-12(14-7-4-8-27-14)23-16-10-13(24-25(15)16)17(26)22-11-5-2-1-3-6-11/h1-8,10,12,15,23H,9H2,(H,22,26)/t12-,15+/m1/s1. The van der Waals surface area contributed by atoms with Crippen LogP contribution in [-0.2, 0) is 0 Å². The second-order valence-corrected chi connectivity index (χ2v) is 6.18. The van der Waals surface area contributed by atoms with E-state index < -0.39 is 24.2 Å². The second kappa shape index (κ2) is 6.49. The number of anilines is 2. The Morgan fingerprint density at radius 3 is 2.67 bits per heavy atom. The van der Waals surface area contributed by atoms with E-state index in [-0.39, 0.29) is 17.9 Å². The lowest BCUT2D eigenvalue weighted by atomic mass is 10.0. The largest absolute Gasteiger partial charge is 0.467 e. The van der Waals surface area contributed by atoms with Crippen LogP contribution in [0.4, 0.5) is 24.7 Å². The van der Waals surface area contributed by atoms with Crippen molar-refractivity contribution in [1.82, 2.24) is 9.78 Å². The van der Waals surface area contributed by atoms with Crippen LogP contribution in [0, 0.1) is 0 Å². The van der Waals surface area contributed by atoms with Gasteiger partial charge in [-0.25, -0.2) is 4.68 Å². The van der Waals surface area contributed by atoms with Gasteiger partial charge in [-0.2, -0.15) is 18.3 Å². The molecule has 9 heteroatoms. The minimum Gasteiger partial charge on any atom is -0.467 e. The normalized spacial score (nSPS) is 19.2. The zero-order chi connectivity index (χ0) is 19.0. The summed E-state index contributed by atoms with van der Waals surface area (Å²) >= 11 is 0. The first-order chi connectivity index (χ1) is 12.9. The zero-order valence-corrected chi connectivity index (χ0v) is 13.9. The quantitative estimate of drug-likeness (QED) is 0.711. The molecule has 27 heavy (non-hydrogen) atoms. The van der Waals surface area contributed by atoms with Gasteiger partial charge in [0, 0.05) is 18.2 Å². The van der Waals surface area contributed by atoms with Gasteiger partial charge in [0.05, 0.1) is 12.3 Å². The van der Waals surface area contributed by atoms with Crippen LogP contribution in [0.1, 0.15) is 34.8 Å². The molecule has 0 saturated heterocycles. The monoisotopic (exact) mass is 376 g/mol. The molecule has 0 saturated carbocycles. The highest BCUT2D eigenvalue weighted by atomic mass is 19.4. The Bertz CT molecular complexity index is 935. The molecule has 0 fully saturated rings. The maximum atomic E-state index is 13.6. The van der Waals surface area contributed by atoms with E-state index >= 15 is 0 Å². The topological polar surface area (TPSA) is 72.1 Å². The van der Waals surface area contributed by atoms with Crippen LogP contribution >= 0.6 is 0 Å². The van der Waals surface area contributed by atoms with Gasteiger partial charge >= 0.3 is 6.18 Å². The summed E-state index contributed by atoms with van der Waals surface area (Å²) in [5, 5.41) is 9.49. The average molecular weight is 376 g/mol. The van der Waals surface area contributed by atoms with Gasteiger partial charge in [0.1, 0.15) is 11.6 Å². The maximum absolute atomic E-state index is 13.6. The van der Waals surface area contributed by atoms with E-state index in [4.69, 9.17) is 4.42 Å². The van der Waals surface area contributed by atoms with Gasteiger partial charge < -0.3 is 15.1 Å². The number of carbonyl (C=O) groups excluding carboxylic acids is 1. The summed E-state index contributed by atoms with van der Waals surface area (Å²) in [5.41, 5.74) is 0.429. The van der Waals surface area contributed by atoms with Crippen LogP contribution in [-0.4, -0.2) is 21.9 Å². The first kappa shape index (κ1) is 17.2. The molecular weight excluding hydrogens is 361 g/mol. The first-order valence-corrected chi connectivity index (χ1v) is 8.24. The van der Waals surface area contributed by atoms with Crippen LogP contribution in [0.3, 0.4) is 0 Å². The molecule has 1 aromatic carbocycles. The lowest BCUT2D eigenvalue weighted by Crippen LogP contribution is -2.35. The molecule has 1 amide bonds. The van der Waals surface area contributed by atoms with Crippen LogP contribution in [0.25, 0.3) is 0 Å². The number of nitrogens with one attached hydrogen (secondary N) is 2. The summed E-state index contributed by atoms with van der Waals surface area (Å²) in [6.45, 7) is 0. The highest BCUT2D eigenvalue weighted by Crippen LogP contribution is 2.43. The fourth-order valence-electron chi connectivity index (χ4n) is 3.08. The van der Waals surface area contributed by atoms with Crippen molar-refractivity contribution in [3.05, 3.63) is 66.2 Å². The fraction of sp³-hybridized carbons (Fsp3) is 0.222. The Labute approximate surface area is 152 Å². The van der Waals surface area contributed by atoms with Crippen LogP contribution in [0.2, 0.25) is 0 Å². The molecule has 0 unspecified atom stereocenters. The van der Waals surface area contributed by atoms with Gasteiger partial charge in [0.15, 0.2) is 11.7 Å². The molecule has 3 aromatic rings. The molecule has 2 N–H and O–H groups in total. The second-order valence-electron chi connectivity index (χ2n) is 6.18. The summed E-state index contributed by atoms with van der Waals surface area (Å²) in [7, 11) is 0. The summed E-state index contributed by atoms with van der Waals surface area (Å²) < 4.78 is 46.8. The number of hydrogen-bond acceptors (Lipinski definition) is 4. The number of furan rings is 1. The molecule has 2 aromatic heterocycles. The van der Waals surface area contributed by atoms with Crippen LogP contribution < -0.4 is 10.6 Å². The minimum atomic E-state index is -4.51. The molecule has 0 aliphatic carbocycles. The van der Waals surface area contributed by atoms with E-state index in [1.165, 1.54) is 12.3 Å². The van der Waals surface area contributed by atoms with E-state index in [0.717, 1.165) is 4.68 Å². The molecule has 1 aliphatic rings. The number of fused-ring (bicyclic) bond motifs is 1. The third-order valence-electron chi connectivity index (χ3n) is 4.34. The molecule has 4 rings (SSSR count). The zero-order valence-electron chi connectivity index (χ0n) is 13.9. The number of nitrogens with zero attached hydrogens (tertiary/aromatic N) is 2. The molecule has 0 bridgehead atoms. The van der Waals surface area contributed by atoms with Crippen molar-refractivity contribution in [3.63, 3.8) is 0 Å². The predicted octanol–water partition coefficient (Wildman–Crippen LogP) is 4.39. The van der Waals surface area contributed by atoms with Crippen molar-refractivity contribution in [2.45, 2.75) is 24.7 Å². The Morgan fingerprint density at radius 1 is 1.22 bits per heavy atom. The van der Waals surface area contributed by atoms with Crippen molar-refractivity contribution in [2.75, 3.05) is 10.6 Å². The third-order valence-corrected chi connectivity index (χ3v) is 4.34. The number of rotatable bonds is 3. The molecule has 2 atom stereocenters. The Hall–Kier alpha value is -3.23. The van der Waals surface area contributed by atoms with Gasteiger partial charge in [-0.05, 0) is 24.3 Å². The molecule has 6 nitrogen and oxygen atoms in total. The van der Waals surface area contributed by atoms with Gasteiger partial charge in [-0.1, -0.05) is 18.2 Å². The van der Waals surface area contributed by atoms with Crippen molar-refractivity contribution < 1.29 is 22.4 Å². The van der Waals surface area contributed by atoms with Crippen molar-refractivity contribution in [3.8, 4) is 0 Å². The third kappa shape index (κ3) is 3.40. The number of amides is 1. The van der Waals surface area contributed by atoms with Crippen molar-refractivity contribution in [1.29, 1.82) is 0 Å². The summed E-state index contributed by atoms with van der Waals surface area (Å²) in [4.78, 5) is 12.4. The predicted molar refractivity (Wildman–Crippen MR) is 91.4 cm³/mol. The number of aromatic nitrogens is 2. The highest BCUT2D eigenvalue weighted by Gasteiger charge is 2.47. The summed E-state index contributed by atoms with van der Waals surface area (Å²) in [6.07, 6.45) is -3.39. The average Bonchev–Trinajstić information content (AvgIpc) is 3.30. The molecule has 0 radical (unpaired) electrons. The van der Waals surface area contributed by atoms with Gasteiger partial charge in [-0.3, -0.25) is 4.79 Å². The lowest BCUT2D eigenvalue weighted by Gasteiger charge is -2.32. The number of carbonyl (C=O) groups is 1. The maximum Gasteiger partial charge on any atom is 0.410 e. The smallest absolute Gasteiger partial charge is 0.410 e. The Morgan fingerprint density at radius 2 is 2.00 bits per heavy atom. The molecular formula is C18H15F3N4O2. The molecule has 0 spiro atoms. The first-order valence-electron chi connectivity index (χ1n) is 8.24. The number of halogens is 3. The van der Waals surface area contributed by atoms with Gasteiger partial charge in [0.25, 0.3) is 5.91 Å². The minimum absolute atomic E-state index is 0.101. The number of hydrogen-bond donors (Lipinski definition) is 2. The van der Waals surface area contributed by atoms with Crippen molar-refractivity contribution in [2.24, 2.45) is 0 Å². The Balaban J connectivity index is 1.64. The van der Waals surface area contributed by atoms with E-state index in [1.54, 1.807) is 42.5 Å². The SMILES string of the molecule is O=C(Nc1ccccc1)c1cc2n(n1)[C@H](C(F)(F)F)C[C@H](c1ccco1)N2. The van der Waals surface area contributed by atoms with Gasteiger partial charge in [0.2, 0.25) is 0 Å². The molecule has 140 valence electrons. The highest BCUT2D eigenvalue weighted by molar-refractivity contribution is 6.03. The van der Waals surface area contributed by atoms with Crippen LogP contribution in [0.5, 0.6) is 0 Å². The van der Waals surface area contributed by atoms with Crippen molar-refractivity contribution >= 4 is 17.4 Å². The fourth-order valence-corrected chi connectivity index (χ4v) is 3.08. The van der Waals surface area contributed by atoms with Gasteiger partial charge in [-0.15, -0.1) is 0 Å². The molecule has 1 aliphatic heterocycles.